The van der Waals surface area contributed by atoms with E-state index in [1.165, 1.54) is 16.4 Å². The monoisotopic (exact) mass is 409 g/mol. The molecule has 2 N–H and O–H groups in total. The summed E-state index contributed by atoms with van der Waals surface area (Å²) in [5.41, 5.74) is 0.386. The topological polar surface area (TPSA) is 87.7 Å². The van der Waals surface area contributed by atoms with Crippen LogP contribution in [-0.2, 0) is 19.6 Å². The summed E-state index contributed by atoms with van der Waals surface area (Å²) in [5, 5.41) is 5.92. The molecule has 3 rings (SSSR count). The second kappa shape index (κ2) is 8.66. The molecule has 0 saturated carbocycles. The van der Waals surface area contributed by atoms with Crippen LogP contribution in [0.4, 0.5) is 5.69 Å². The summed E-state index contributed by atoms with van der Waals surface area (Å²) >= 11 is 6.09. The number of benzene rings is 1. The second-order valence-corrected chi connectivity index (χ2v) is 8.12. The number of sulfonamides is 1. The third kappa shape index (κ3) is 4.64. The van der Waals surface area contributed by atoms with Gasteiger partial charge in [0, 0.05) is 31.9 Å². The van der Waals surface area contributed by atoms with E-state index in [0.29, 0.717) is 38.5 Å². The Morgan fingerprint density at radius 3 is 2.68 bits per heavy atom. The zero-order valence-electron chi connectivity index (χ0n) is 13.5. The number of amides is 1. The van der Waals surface area contributed by atoms with Crippen LogP contribution in [0.5, 0.6) is 0 Å². The first-order valence-electron chi connectivity index (χ1n) is 7.91. The Morgan fingerprint density at radius 1 is 1.32 bits per heavy atom. The molecule has 1 aromatic carbocycles. The van der Waals surface area contributed by atoms with Crippen molar-refractivity contribution in [2.45, 2.75) is 23.8 Å². The van der Waals surface area contributed by atoms with Crippen molar-refractivity contribution in [1.82, 2.24) is 9.62 Å². The Labute approximate surface area is 158 Å². The van der Waals surface area contributed by atoms with Gasteiger partial charge in [-0.15, -0.1) is 12.4 Å². The largest absolute Gasteiger partial charge is 0.366 e. The first-order valence-corrected chi connectivity index (χ1v) is 9.73. The fourth-order valence-electron chi connectivity index (χ4n) is 2.80. The molecule has 0 spiro atoms. The number of hydrogen-bond acceptors (Lipinski definition) is 5. The van der Waals surface area contributed by atoms with Gasteiger partial charge in [-0.05, 0) is 31.0 Å². The normalized spacial score (nSPS) is 21.6. The molecule has 2 saturated heterocycles. The molecule has 10 heteroatoms. The summed E-state index contributed by atoms with van der Waals surface area (Å²) in [4.78, 5) is 12.2. The SMILES string of the molecule is Cl.O=C(Nc1ccc(Cl)c(S(=O)(=O)N2CCCC2)c1)C1CNCCO1. The van der Waals surface area contributed by atoms with Crippen LogP contribution < -0.4 is 10.6 Å². The lowest BCUT2D eigenvalue weighted by Gasteiger charge is -2.23. The molecule has 0 radical (unpaired) electrons. The molecule has 2 aliphatic heterocycles. The number of carbonyl (C=O) groups excluding carboxylic acids is 1. The molecule has 25 heavy (non-hydrogen) atoms. The van der Waals surface area contributed by atoms with E-state index >= 15 is 0 Å². The van der Waals surface area contributed by atoms with Gasteiger partial charge in [-0.3, -0.25) is 4.79 Å². The van der Waals surface area contributed by atoms with Crippen molar-refractivity contribution < 1.29 is 17.9 Å². The van der Waals surface area contributed by atoms with Crippen LogP contribution in [0.25, 0.3) is 0 Å². The van der Waals surface area contributed by atoms with Crippen molar-refractivity contribution in [1.29, 1.82) is 0 Å². The van der Waals surface area contributed by atoms with Crippen LogP contribution in [0.1, 0.15) is 12.8 Å². The maximum atomic E-state index is 12.7. The van der Waals surface area contributed by atoms with Crippen molar-refractivity contribution >= 4 is 45.6 Å². The number of rotatable bonds is 4. The third-order valence-electron chi connectivity index (χ3n) is 4.10. The summed E-state index contributed by atoms with van der Waals surface area (Å²) in [6.45, 7) is 2.60. The molecular weight excluding hydrogens is 389 g/mol. The average molecular weight is 410 g/mol. The average Bonchev–Trinajstić information content (AvgIpc) is 3.12. The lowest BCUT2D eigenvalue weighted by molar-refractivity contribution is -0.128. The fraction of sp³-hybridized carbons (Fsp3) is 0.533. The molecule has 1 unspecified atom stereocenters. The number of nitrogens with one attached hydrogen (secondary N) is 2. The number of halogens is 2. The van der Waals surface area contributed by atoms with Gasteiger partial charge in [0.2, 0.25) is 10.0 Å². The number of hydrogen-bond donors (Lipinski definition) is 2. The Kier molecular flexibility index (Phi) is 7.07. The van der Waals surface area contributed by atoms with E-state index in [4.69, 9.17) is 16.3 Å². The number of morpholine rings is 1. The molecule has 7 nitrogen and oxygen atoms in total. The van der Waals surface area contributed by atoms with Gasteiger partial charge >= 0.3 is 0 Å². The van der Waals surface area contributed by atoms with Crippen LogP contribution in [-0.4, -0.2) is 57.5 Å². The predicted octanol–water partition coefficient (Wildman–Crippen LogP) is 1.47. The highest BCUT2D eigenvalue weighted by molar-refractivity contribution is 7.89. The smallest absolute Gasteiger partial charge is 0.254 e. The van der Waals surface area contributed by atoms with Crippen LogP contribution >= 0.6 is 24.0 Å². The number of anilines is 1. The van der Waals surface area contributed by atoms with Crippen molar-refractivity contribution in [2.24, 2.45) is 0 Å². The minimum absolute atomic E-state index is 0. The summed E-state index contributed by atoms with van der Waals surface area (Å²) in [6.07, 6.45) is 1.10. The third-order valence-corrected chi connectivity index (χ3v) is 6.48. The van der Waals surface area contributed by atoms with Crippen molar-refractivity contribution in [3.63, 3.8) is 0 Å². The highest BCUT2D eigenvalue weighted by atomic mass is 35.5. The van der Waals surface area contributed by atoms with Gasteiger partial charge in [-0.25, -0.2) is 8.42 Å². The Morgan fingerprint density at radius 2 is 2.04 bits per heavy atom. The number of carbonyl (C=O) groups is 1. The fourth-order valence-corrected chi connectivity index (χ4v) is 4.82. The highest BCUT2D eigenvalue weighted by Crippen LogP contribution is 2.29. The highest BCUT2D eigenvalue weighted by Gasteiger charge is 2.30. The molecule has 1 atom stereocenters. The predicted molar refractivity (Wildman–Crippen MR) is 97.9 cm³/mol. The van der Waals surface area contributed by atoms with E-state index in [-0.39, 0.29) is 28.2 Å². The molecular formula is C15H21Cl2N3O4S. The second-order valence-electron chi connectivity index (χ2n) is 5.81. The molecule has 1 aromatic rings. The van der Waals surface area contributed by atoms with Gasteiger partial charge in [0.15, 0.2) is 0 Å². The van der Waals surface area contributed by atoms with E-state index in [2.05, 4.69) is 10.6 Å². The van der Waals surface area contributed by atoms with Crippen LogP contribution in [0, 0.1) is 0 Å². The number of ether oxygens (including phenoxy) is 1. The maximum Gasteiger partial charge on any atom is 0.254 e. The van der Waals surface area contributed by atoms with E-state index < -0.39 is 16.1 Å². The minimum Gasteiger partial charge on any atom is -0.366 e. The van der Waals surface area contributed by atoms with E-state index in [1.807, 2.05) is 0 Å². The van der Waals surface area contributed by atoms with E-state index in [1.54, 1.807) is 6.07 Å². The maximum absolute atomic E-state index is 12.7. The van der Waals surface area contributed by atoms with E-state index in [0.717, 1.165) is 12.8 Å². The van der Waals surface area contributed by atoms with Crippen molar-refractivity contribution in [3.8, 4) is 0 Å². The van der Waals surface area contributed by atoms with Gasteiger partial charge in [0.25, 0.3) is 5.91 Å². The first-order chi connectivity index (χ1) is 11.5. The van der Waals surface area contributed by atoms with Crippen molar-refractivity contribution in [3.05, 3.63) is 23.2 Å². The summed E-state index contributed by atoms with van der Waals surface area (Å²) < 4.78 is 32.2. The lowest BCUT2D eigenvalue weighted by atomic mass is 10.2. The van der Waals surface area contributed by atoms with Crippen molar-refractivity contribution in [2.75, 3.05) is 38.1 Å². The molecule has 2 heterocycles. The summed E-state index contributed by atoms with van der Waals surface area (Å²) in [7, 11) is -3.65. The molecule has 1 amide bonds. The van der Waals surface area contributed by atoms with Gasteiger partial charge in [-0.1, -0.05) is 11.6 Å². The quantitative estimate of drug-likeness (QED) is 0.785. The van der Waals surface area contributed by atoms with Crippen LogP contribution in [0.15, 0.2) is 23.1 Å². The van der Waals surface area contributed by atoms with Gasteiger partial charge in [-0.2, -0.15) is 4.31 Å². The Hall–Kier alpha value is -0.900. The summed E-state index contributed by atoms with van der Waals surface area (Å²) in [5.74, 6) is -0.311. The molecule has 140 valence electrons. The zero-order chi connectivity index (χ0) is 17.2. The Bertz CT molecular complexity index is 717. The molecule has 0 bridgehead atoms. The zero-order valence-corrected chi connectivity index (χ0v) is 15.9. The molecule has 0 aliphatic carbocycles. The number of nitrogens with zero attached hydrogens (tertiary/aromatic N) is 1. The van der Waals surface area contributed by atoms with E-state index in [9.17, 15) is 13.2 Å². The van der Waals surface area contributed by atoms with Gasteiger partial charge in [0.05, 0.1) is 11.6 Å². The molecule has 2 fully saturated rings. The lowest BCUT2D eigenvalue weighted by Crippen LogP contribution is -2.45. The molecule has 0 aromatic heterocycles. The summed E-state index contributed by atoms with van der Waals surface area (Å²) in [6, 6.07) is 4.48. The Balaban J connectivity index is 0.00000225. The minimum atomic E-state index is -3.65. The van der Waals surface area contributed by atoms with Crippen LogP contribution in [0.2, 0.25) is 5.02 Å². The van der Waals surface area contributed by atoms with Gasteiger partial charge < -0.3 is 15.4 Å². The van der Waals surface area contributed by atoms with Crippen LogP contribution in [0.3, 0.4) is 0 Å². The molecule has 2 aliphatic rings. The first kappa shape index (κ1) is 20.4. The standard InChI is InChI=1S/C15H20ClN3O4S.ClH/c16-12-4-3-11(18-15(20)13-10-17-5-8-23-13)9-14(12)24(21,22)19-6-1-2-7-19;/h3-4,9,13,17H,1-2,5-8,10H2,(H,18,20);1H. The van der Waals surface area contributed by atoms with Gasteiger partial charge in [0.1, 0.15) is 11.0 Å².